The van der Waals surface area contributed by atoms with Crippen molar-refractivity contribution in [1.82, 2.24) is 0 Å². The molecule has 0 radical (unpaired) electrons. The smallest absolute Gasteiger partial charge is 0.0333 e. The first-order valence-electron chi connectivity index (χ1n) is 17.8. The minimum absolute atomic E-state index is 0.375. The molecule has 0 aromatic heterocycles. The van der Waals surface area contributed by atoms with E-state index >= 15 is 0 Å². The molecule has 0 fully saturated rings. The molecule has 0 rings (SSSR count). The van der Waals surface area contributed by atoms with Gasteiger partial charge in [-0.2, -0.15) is 0 Å². The van der Waals surface area contributed by atoms with Crippen molar-refractivity contribution in [3.8, 4) is 0 Å². The maximum Gasteiger partial charge on any atom is 0.0333 e. The summed E-state index contributed by atoms with van der Waals surface area (Å²) in [6.07, 6.45) is 38.3. The summed E-state index contributed by atoms with van der Waals surface area (Å²) in [5.41, 5.74) is 0. The predicted molar refractivity (Wildman–Crippen MR) is 188 cm³/mol. The van der Waals surface area contributed by atoms with E-state index in [2.05, 4.69) is 34.6 Å². The quantitative estimate of drug-likeness (QED) is 0.0608. The molecule has 3 heteroatoms. The lowest BCUT2D eigenvalue weighted by Gasteiger charge is -2.05. The average molecular weight is 614 g/mol. The normalized spacial score (nSPS) is 12.3. The van der Waals surface area contributed by atoms with Gasteiger partial charge in [-0.15, -0.1) is 34.8 Å². The van der Waals surface area contributed by atoms with Crippen LogP contribution in [0.2, 0.25) is 0 Å². The first kappa shape index (κ1) is 44.3. The van der Waals surface area contributed by atoms with Gasteiger partial charge in [0.2, 0.25) is 0 Å². The van der Waals surface area contributed by atoms with E-state index in [1.165, 1.54) is 173 Å². The van der Waals surface area contributed by atoms with Crippen molar-refractivity contribution < 1.29 is 0 Å². The number of alkyl halides is 3. The number of halogens is 3. The van der Waals surface area contributed by atoms with Crippen LogP contribution in [0.3, 0.4) is 0 Å². The van der Waals surface area contributed by atoms with Crippen LogP contribution in [0.25, 0.3) is 0 Å². The van der Waals surface area contributed by atoms with E-state index in [1.807, 2.05) is 0 Å². The molecule has 240 valence electrons. The Labute approximate surface area is 264 Å². The summed E-state index contributed by atoms with van der Waals surface area (Å²) in [6.45, 7) is 11.1. The summed E-state index contributed by atoms with van der Waals surface area (Å²) in [7, 11) is 0. The zero-order valence-corrected chi connectivity index (χ0v) is 30.1. The fraction of sp³-hybridized carbons (Fsp3) is 1.00. The van der Waals surface area contributed by atoms with E-state index in [0.717, 1.165) is 12.3 Å². The molecule has 0 aliphatic heterocycles. The fourth-order valence-corrected chi connectivity index (χ4v) is 5.17. The van der Waals surface area contributed by atoms with Crippen molar-refractivity contribution in [1.29, 1.82) is 0 Å². The second-order valence-electron chi connectivity index (χ2n) is 11.8. The van der Waals surface area contributed by atoms with Gasteiger partial charge in [0.05, 0.1) is 0 Å². The third-order valence-electron chi connectivity index (χ3n) is 7.51. The molecule has 0 spiro atoms. The van der Waals surface area contributed by atoms with Crippen LogP contribution in [0.1, 0.15) is 214 Å². The Balaban J connectivity index is -0.000000498. The monoisotopic (exact) mass is 612 g/mol. The highest BCUT2D eigenvalue weighted by molar-refractivity contribution is 6.20. The van der Waals surface area contributed by atoms with E-state index in [9.17, 15) is 0 Å². The molecule has 0 aliphatic carbocycles. The highest BCUT2D eigenvalue weighted by atomic mass is 35.5. The molecular weight excluding hydrogens is 539 g/mol. The molecule has 0 aromatic rings. The van der Waals surface area contributed by atoms with Gasteiger partial charge >= 0.3 is 0 Å². The molecule has 2 atom stereocenters. The van der Waals surface area contributed by atoms with Crippen LogP contribution >= 0.6 is 34.8 Å². The molecule has 0 N–H and O–H groups in total. The first-order valence-corrected chi connectivity index (χ1v) is 19.2. The van der Waals surface area contributed by atoms with Crippen molar-refractivity contribution in [2.24, 2.45) is 0 Å². The Kier molecular flexibility index (Phi) is 49.2. The number of rotatable bonds is 28. The summed E-state index contributed by atoms with van der Waals surface area (Å²) < 4.78 is 0. The summed E-state index contributed by atoms with van der Waals surface area (Å²) in [6, 6.07) is 0. The zero-order valence-electron chi connectivity index (χ0n) is 27.8. The standard InChI is InChI=1S/3C12H25Cl/c1-3-4-5-6-7-8-9-10-11-12(2)13;1-3-5-6-7-8-9-10-11-12(13)4-2;1-2-3-4-5-6-7-8-9-10-11-12-13/h2*12H,3-11H2,1-2H3;2-12H2,1H3. The van der Waals surface area contributed by atoms with Crippen molar-refractivity contribution in [3.63, 3.8) is 0 Å². The number of hydrogen-bond donors (Lipinski definition) is 0. The molecule has 0 amide bonds. The highest BCUT2D eigenvalue weighted by Gasteiger charge is 2.00. The Morgan fingerprint density at radius 3 is 0.949 bits per heavy atom. The maximum atomic E-state index is 6.03. The SMILES string of the molecule is CCCCCCCCCC(Cl)CC.CCCCCCCCCCC(C)Cl.CCCCCCCCCCCCCl. The zero-order chi connectivity index (χ0) is 29.7. The van der Waals surface area contributed by atoms with Gasteiger partial charge in [0.1, 0.15) is 0 Å². The van der Waals surface area contributed by atoms with Crippen LogP contribution in [0.15, 0.2) is 0 Å². The van der Waals surface area contributed by atoms with Crippen LogP contribution < -0.4 is 0 Å². The van der Waals surface area contributed by atoms with Gasteiger partial charge in [-0.05, 0) is 32.6 Å². The van der Waals surface area contributed by atoms with E-state index in [4.69, 9.17) is 34.8 Å². The van der Waals surface area contributed by atoms with Gasteiger partial charge in [-0.25, -0.2) is 0 Å². The Morgan fingerprint density at radius 2 is 0.667 bits per heavy atom. The lowest BCUT2D eigenvalue weighted by atomic mass is 10.1. The summed E-state index contributed by atoms with van der Waals surface area (Å²) in [4.78, 5) is 0. The van der Waals surface area contributed by atoms with Gasteiger partial charge in [-0.1, -0.05) is 182 Å². The van der Waals surface area contributed by atoms with Crippen LogP contribution in [0.4, 0.5) is 0 Å². The first-order chi connectivity index (χ1) is 19.0. The fourth-order valence-electron chi connectivity index (χ4n) is 4.67. The Morgan fingerprint density at radius 1 is 0.385 bits per heavy atom. The maximum absolute atomic E-state index is 6.03. The molecule has 0 nitrogen and oxygen atoms in total. The van der Waals surface area contributed by atoms with Gasteiger partial charge < -0.3 is 0 Å². The average Bonchev–Trinajstić information content (AvgIpc) is 2.93. The topological polar surface area (TPSA) is 0 Å². The Hall–Kier alpha value is 0.870. The van der Waals surface area contributed by atoms with Crippen LogP contribution in [0.5, 0.6) is 0 Å². The van der Waals surface area contributed by atoms with Crippen molar-refractivity contribution in [2.75, 3.05) is 5.88 Å². The molecular formula is C36H75Cl3. The van der Waals surface area contributed by atoms with Crippen LogP contribution in [-0.4, -0.2) is 16.6 Å². The van der Waals surface area contributed by atoms with Crippen LogP contribution in [-0.2, 0) is 0 Å². The van der Waals surface area contributed by atoms with Crippen LogP contribution in [0, 0.1) is 0 Å². The molecule has 0 bridgehead atoms. The molecule has 0 saturated heterocycles. The van der Waals surface area contributed by atoms with Crippen molar-refractivity contribution >= 4 is 34.8 Å². The number of unbranched alkanes of at least 4 members (excludes halogenated alkanes) is 22. The predicted octanol–water partition coefficient (Wildman–Crippen LogP) is 15.4. The largest absolute Gasteiger partial charge is 0.127 e. The van der Waals surface area contributed by atoms with E-state index < -0.39 is 0 Å². The van der Waals surface area contributed by atoms with Crippen molar-refractivity contribution in [2.45, 2.75) is 225 Å². The van der Waals surface area contributed by atoms with Gasteiger partial charge in [0, 0.05) is 16.6 Å². The molecule has 0 aliphatic rings. The third kappa shape index (κ3) is 52.0. The van der Waals surface area contributed by atoms with Gasteiger partial charge in [0.15, 0.2) is 0 Å². The van der Waals surface area contributed by atoms with E-state index in [0.29, 0.717) is 10.8 Å². The highest BCUT2D eigenvalue weighted by Crippen LogP contribution is 2.15. The second kappa shape index (κ2) is 43.3. The molecule has 0 aromatic carbocycles. The minimum Gasteiger partial charge on any atom is -0.127 e. The number of hydrogen-bond acceptors (Lipinski definition) is 0. The minimum atomic E-state index is 0.375. The van der Waals surface area contributed by atoms with E-state index in [-0.39, 0.29) is 0 Å². The van der Waals surface area contributed by atoms with Crippen molar-refractivity contribution in [3.05, 3.63) is 0 Å². The molecule has 39 heavy (non-hydrogen) atoms. The molecule has 0 saturated carbocycles. The molecule has 2 unspecified atom stereocenters. The lowest BCUT2D eigenvalue weighted by molar-refractivity contribution is 0.563. The lowest BCUT2D eigenvalue weighted by Crippen LogP contribution is -1.94. The Bertz CT molecular complexity index is 362. The van der Waals surface area contributed by atoms with Gasteiger partial charge in [0.25, 0.3) is 0 Å². The summed E-state index contributed by atoms with van der Waals surface area (Å²) >= 11 is 17.5. The summed E-state index contributed by atoms with van der Waals surface area (Å²) in [5.74, 6) is 0.844. The van der Waals surface area contributed by atoms with E-state index in [1.54, 1.807) is 0 Å². The summed E-state index contributed by atoms with van der Waals surface area (Å²) in [5, 5.41) is 0.802. The second-order valence-corrected chi connectivity index (χ2v) is 13.6. The third-order valence-corrected chi connectivity index (χ3v) is 8.52. The van der Waals surface area contributed by atoms with Gasteiger partial charge in [-0.3, -0.25) is 0 Å². The molecule has 0 heterocycles.